The molecule has 1 N–H and O–H groups in total. The number of benzene rings is 2. The Morgan fingerprint density at radius 2 is 1.82 bits per heavy atom. The monoisotopic (exact) mass is 495 g/mol. The number of aromatic nitrogens is 1. The van der Waals surface area contributed by atoms with E-state index in [1.54, 1.807) is 11.3 Å². The lowest BCUT2D eigenvalue weighted by Gasteiger charge is -2.34. The predicted octanol–water partition coefficient (Wildman–Crippen LogP) is 5.77. The lowest BCUT2D eigenvalue weighted by Crippen LogP contribution is -2.34. The van der Waals surface area contributed by atoms with Crippen LogP contribution in [0.1, 0.15) is 54.1 Å². The van der Waals surface area contributed by atoms with Gasteiger partial charge in [-0.1, -0.05) is 47.6 Å². The molecule has 0 bridgehead atoms. The van der Waals surface area contributed by atoms with Crippen LogP contribution >= 0.6 is 22.9 Å². The summed E-state index contributed by atoms with van der Waals surface area (Å²) in [4.78, 5) is 21.6. The Bertz CT molecular complexity index is 1200. The van der Waals surface area contributed by atoms with Gasteiger partial charge in [0.2, 0.25) is 12.7 Å². The van der Waals surface area contributed by atoms with E-state index in [1.165, 1.54) is 24.8 Å². The Morgan fingerprint density at radius 1 is 1.06 bits per heavy atom. The van der Waals surface area contributed by atoms with E-state index < -0.39 is 5.41 Å². The van der Waals surface area contributed by atoms with Gasteiger partial charge in [-0.2, -0.15) is 0 Å². The fraction of sp³-hybridized carbons (Fsp3) is 0.385. The first kappa shape index (κ1) is 21.9. The Labute approximate surface area is 207 Å². The van der Waals surface area contributed by atoms with Crippen LogP contribution in [0, 0.1) is 0 Å². The number of nitrogens with zero attached hydrogens (tertiary/aromatic N) is 2. The molecule has 1 atom stereocenters. The van der Waals surface area contributed by atoms with Crippen LogP contribution < -0.4 is 14.8 Å². The second-order valence-electron chi connectivity index (χ2n) is 9.22. The Balaban J connectivity index is 1.23. The van der Waals surface area contributed by atoms with Crippen LogP contribution in [0.2, 0.25) is 5.02 Å². The average Bonchev–Trinajstić information content (AvgIpc) is 3.33. The molecule has 176 valence electrons. The summed E-state index contributed by atoms with van der Waals surface area (Å²) in [5, 5.41) is 4.48. The number of carbonyl (C=O) groups is 1. The van der Waals surface area contributed by atoms with Gasteiger partial charge in [0.05, 0.1) is 11.5 Å². The van der Waals surface area contributed by atoms with Crippen LogP contribution in [0.4, 0.5) is 5.13 Å². The summed E-state index contributed by atoms with van der Waals surface area (Å²) in [6.45, 7) is 2.34. The topological polar surface area (TPSA) is 63.7 Å². The number of fused-ring (bicyclic) bond motifs is 1. The first-order valence-electron chi connectivity index (χ1n) is 11.8. The van der Waals surface area contributed by atoms with Gasteiger partial charge >= 0.3 is 0 Å². The van der Waals surface area contributed by atoms with Crippen LogP contribution in [0.3, 0.4) is 0 Å². The number of piperidine rings is 1. The van der Waals surface area contributed by atoms with E-state index in [-0.39, 0.29) is 18.7 Å². The number of carbonyl (C=O) groups excluding carboxylic acids is 1. The van der Waals surface area contributed by atoms with E-state index in [2.05, 4.69) is 27.3 Å². The summed E-state index contributed by atoms with van der Waals surface area (Å²) in [6.07, 6.45) is 7.22. The molecule has 0 radical (unpaired) electrons. The number of nitrogens with one attached hydrogen (secondary N) is 1. The number of amides is 1. The maximum absolute atomic E-state index is 13.3. The minimum absolute atomic E-state index is 0.00622. The molecular weight excluding hydrogens is 470 g/mol. The van der Waals surface area contributed by atoms with Crippen molar-refractivity contribution in [1.29, 1.82) is 0 Å². The molecule has 34 heavy (non-hydrogen) atoms. The molecule has 3 aliphatic rings. The van der Waals surface area contributed by atoms with Crippen LogP contribution in [-0.2, 0) is 10.2 Å². The molecule has 2 aromatic carbocycles. The molecule has 1 amide bonds. The molecule has 2 fully saturated rings. The van der Waals surface area contributed by atoms with Crippen molar-refractivity contribution in [2.75, 3.05) is 25.2 Å². The van der Waals surface area contributed by atoms with E-state index in [0.717, 1.165) is 47.1 Å². The molecule has 1 aromatic heterocycles. The van der Waals surface area contributed by atoms with Crippen LogP contribution in [-0.4, -0.2) is 35.7 Å². The highest BCUT2D eigenvalue weighted by Gasteiger charge is 2.52. The molecule has 1 saturated carbocycles. The number of thiazole rings is 1. The van der Waals surface area contributed by atoms with Gasteiger partial charge in [-0.3, -0.25) is 9.69 Å². The number of likely N-dealkylation sites (tertiary alicyclic amines) is 1. The van der Waals surface area contributed by atoms with Gasteiger partial charge in [-0.05, 0) is 74.2 Å². The van der Waals surface area contributed by atoms with Gasteiger partial charge in [-0.25, -0.2) is 4.98 Å². The zero-order valence-corrected chi connectivity index (χ0v) is 20.3. The third kappa shape index (κ3) is 4.06. The lowest BCUT2D eigenvalue weighted by atomic mass is 9.94. The third-order valence-electron chi connectivity index (χ3n) is 7.06. The molecule has 6 nitrogen and oxygen atoms in total. The summed E-state index contributed by atoms with van der Waals surface area (Å²) >= 11 is 7.71. The number of anilines is 1. The normalized spacial score (nSPS) is 19.6. The van der Waals surface area contributed by atoms with E-state index in [1.807, 2.05) is 36.5 Å². The van der Waals surface area contributed by atoms with E-state index in [0.29, 0.717) is 10.9 Å². The van der Waals surface area contributed by atoms with Crippen LogP contribution in [0.15, 0.2) is 48.7 Å². The molecule has 6 rings (SSSR count). The first-order chi connectivity index (χ1) is 16.6. The van der Waals surface area contributed by atoms with Crippen molar-refractivity contribution < 1.29 is 14.3 Å². The van der Waals surface area contributed by atoms with Gasteiger partial charge in [0.25, 0.3) is 0 Å². The van der Waals surface area contributed by atoms with Crippen molar-refractivity contribution in [1.82, 2.24) is 9.88 Å². The highest BCUT2D eigenvalue weighted by Crippen LogP contribution is 2.51. The molecule has 3 heterocycles. The van der Waals surface area contributed by atoms with Crippen molar-refractivity contribution in [3.63, 3.8) is 0 Å². The molecule has 1 saturated heterocycles. The zero-order valence-electron chi connectivity index (χ0n) is 18.8. The minimum atomic E-state index is -0.519. The molecule has 8 heteroatoms. The summed E-state index contributed by atoms with van der Waals surface area (Å²) in [5.74, 6) is 1.43. The number of ether oxygens (including phenoxy) is 2. The Morgan fingerprint density at radius 3 is 2.59 bits per heavy atom. The standard InChI is InChI=1S/C26H26ClN3O3S/c27-19-7-4-17(5-8-19)23(30-12-2-1-3-13-30)22-15-28-25(34-22)29-24(31)26(10-11-26)18-6-9-20-21(14-18)33-16-32-20/h4-9,14-15,23H,1-3,10-13,16H2,(H,28,29,31). The van der Waals surface area contributed by atoms with Gasteiger partial charge < -0.3 is 14.8 Å². The quantitative estimate of drug-likeness (QED) is 0.470. The predicted molar refractivity (Wildman–Crippen MR) is 133 cm³/mol. The average molecular weight is 496 g/mol. The Kier molecular flexibility index (Phi) is 5.71. The van der Waals surface area contributed by atoms with E-state index in [9.17, 15) is 4.79 Å². The fourth-order valence-electron chi connectivity index (χ4n) is 5.03. The van der Waals surface area contributed by atoms with Crippen molar-refractivity contribution in [3.8, 4) is 11.5 Å². The molecular formula is C26H26ClN3O3S. The largest absolute Gasteiger partial charge is 0.454 e. The number of rotatable bonds is 6. The molecule has 2 aliphatic heterocycles. The van der Waals surface area contributed by atoms with Gasteiger partial charge in [0, 0.05) is 16.1 Å². The van der Waals surface area contributed by atoms with E-state index >= 15 is 0 Å². The van der Waals surface area contributed by atoms with Crippen molar-refractivity contribution >= 4 is 34.0 Å². The van der Waals surface area contributed by atoms with Gasteiger partial charge in [0.15, 0.2) is 16.6 Å². The highest BCUT2D eigenvalue weighted by molar-refractivity contribution is 7.15. The number of hydrogen-bond donors (Lipinski definition) is 1. The van der Waals surface area contributed by atoms with Crippen molar-refractivity contribution in [2.45, 2.75) is 43.6 Å². The molecule has 0 spiro atoms. The van der Waals surface area contributed by atoms with E-state index in [4.69, 9.17) is 21.1 Å². The summed E-state index contributed by atoms with van der Waals surface area (Å²) < 4.78 is 10.9. The van der Waals surface area contributed by atoms with Gasteiger partial charge in [0.1, 0.15) is 0 Å². The second kappa shape index (κ2) is 8.87. The molecule has 3 aromatic rings. The summed E-state index contributed by atoms with van der Waals surface area (Å²) in [5.41, 5.74) is 1.65. The molecule has 1 unspecified atom stereocenters. The molecule has 1 aliphatic carbocycles. The van der Waals surface area contributed by atoms with Crippen molar-refractivity contribution in [2.24, 2.45) is 0 Å². The first-order valence-corrected chi connectivity index (χ1v) is 13.0. The second-order valence-corrected chi connectivity index (χ2v) is 10.7. The van der Waals surface area contributed by atoms with Crippen LogP contribution in [0.5, 0.6) is 11.5 Å². The Hall–Kier alpha value is -2.61. The minimum Gasteiger partial charge on any atom is -0.454 e. The fourth-order valence-corrected chi connectivity index (χ4v) is 6.13. The number of hydrogen-bond acceptors (Lipinski definition) is 6. The van der Waals surface area contributed by atoms with Crippen LogP contribution in [0.25, 0.3) is 0 Å². The smallest absolute Gasteiger partial charge is 0.236 e. The summed E-state index contributed by atoms with van der Waals surface area (Å²) in [7, 11) is 0. The summed E-state index contributed by atoms with van der Waals surface area (Å²) in [6, 6.07) is 14.0. The third-order valence-corrected chi connectivity index (χ3v) is 8.28. The SMILES string of the molecule is O=C(Nc1ncc(C(c2ccc(Cl)cc2)N2CCCCC2)s1)C1(c2ccc3c(c2)OCO3)CC1. The maximum atomic E-state index is 13.3. The van der Waals surface area contributed by atoms with Gasteiger partial charge in [-0.15, -0.1) is 0 Å². The van der Waals surface area contributed by atoms with Crippen molar-refractivity contribution in [3.05, 3.63) is 69.7 Å². The highest BCUT2D eigenvalue weighted by atomic mass is 35.5. The zero-order chi connectivity index (χ0) is 23.1. The number of halogens is 1. The maximum Gasteiger partial charge on any atom is 0.236 e. The lowest BCUT2D eigenvalue weighted by molar-refractivity contribution is -0.118.